The number of nitriles is 2. The van der Waals surface area contributed by atoms with Crippen LogP contribution in [0.5, 0.6) is 0 Å². The molecule has 2 aliphatic rings. The lowest BCUT2D eigenvalue weighted by Crippen LogP contribution is -2.45. The van der Waals surface area contributed by atoms with Gasteiger partial charge in [-0.2, -0.15) is 10.5 Å². The summed E-state index contributed by atoms with van der Waals surface area (Å²) in [5.41, 5.74) is -0.931. The van der Waals surface area contributed by atoms with Crippen molar-refractivity contribution in [3.05, 3.63) is 12.2 Å². The molecule has 0 aromatic carbocycles. The Kier molecular flexibility index (Phi) is 1.07. The Bertz CT molecular complexity index is 277. The van der Waals surface area contributed by atoms with E-state index in [1.165, 1.54) is 0 Å². The normalized spacial score (nSPS) is 36.5. The highest BCUT2D eigenvalue weighted by atomic mass is 15.1. The third-order valence-corrected chi connectivity index (χ3v) is 2.41. The summed E-state index contributed by atoms with van der Waals surface area (Å²) >= 11 is 0. The molecule has 3 heteroatoms. The summed E-state index contributed by atoms with van der Waals surface area (Å²) in [5, 5.41) is 20.5. The van der Waals surface area contributed by atoms with E-state index in [4.69, 9.17) is 10.5 Å². The molecule has 1 saturated heterocycles. The third kappa shape index (κ3) is 0.636. The summed E-state index contributed by atoms with van der Waals surface area (Å²) in [7, 11) is 0. The second-order valence-corrected chi connectivity index (χ2v) is 3.01. The Hall–Kier alpha value is -1.32. The SMILES string of the molecule is N#CC1(C#N)N[C@H]2C=C[C@@H]1C2. The van der Waals surface area contributed by atoms with Gasteiger partial charge in [0.05, 0.1) is 0 Å². The van der Waals surface area contributed by atoms with Crippen molar-refractivity contribution in [2.45, 2.75) is 18.0 Å². The van der Waals surface area contributed by atoms with Crippen LogP contribution in [0.2, 0.25) is 0 Å². The number of nitrogens with zero attached hydrogens (tertiary/aromatic N) is 2. The number of nitrogens with one attached hydrogen (secondary N) is 1. The van der Waals surface area contributed by atoms with Crippen molar-refractivity contribution in [2.75, 3.05) is 0 Å². The van der Waals surface area contributed by atoms with Gasteiger partial charge in [-0.3, -0.25) is 5.32 Å². The van der Waals surface area contributed by atoms with Crippen molar-refractivity contribution in [3.63, 3.8) is 0 Å². The van der Waals surface area contributed by atoms with Crippen LogP contribution in [-0.2, 0) is 0 Å². The molecule has 1 heterocycles. The first kappa shape index (κ1) is 6.39. The van der Waals surface area contributed by atoms with E-state index < -0.39 is 5.54 Å². The highest BCUT2D eigenvalue weighted by molar-refractivity contribution is 5.36. The first-order valence-corrected chi connectivity index (χ1v) is 3.59. The van der Waals surface area contributed by atoms with E-state index in [0.717, 1.165) is 6.42 Å². The zero-order valence-corrected chi connectivity index (χ0v) is 5.91. The molecule has 1 aliphatic heterocycles. The summed E-state index contributed by atoms with van der Waals surface area (Å²) in [6.45, 7) is 0. The minimum atomic E-state index is -0.931. The fraction of sp³-hybridized carbons (Fsp3) is 0.500. The predicted molar refractivity (Wildman–Crippen MR) is 38.1 cm³/mol. The van der Waals surface area contributed by atoms with E-state index in [9.17, 15) is 0 Å². The van der Waals surface area contributed by atoms with Crippen molar-refractivity contribution in [1.82, 2.24) is 5.32 Å². The number of hydrogen-bond donors (Lipinski definition) is 1. The molecular weight excluding hydrogens is 138 g/mol. The van der Waals surface area contributed by atoms with Crippen LogP contribution in [0.15, 0.2) is 12.2 Å². The Balaban J connectivity index is 2.40. The maximum absolute atomic E-state index is 8.77. The standard InChI is InChI=1S/C8H7N3/c9-4-8(5-10)6-1-2-7(3-6)11-8/h1-2,6-7,11H,3H2/t6-,7+/m1/s1. The fourth-order valence-electron chi connectivity index (χ4n) is 1.78. The molecule has 0 aromatic rings. The topological polar surface area (TPSA) is 59.6 Å². The van der Waals surface area contributed by atoms with E-state index in [1.807, 2.05) is 24.3 Å². The quantitative estimate of drug-likeness (QED) is 0.499. The van der Waals surface area contributed by atoms with Crippen LogP contribution in [0, 0.1) is 28.6 Å². The highest BCUT2D eigenvalue weighted by Crippen LogP contribution is 2.36. The molecule has 1 fully saturated rings. The molecule has 11 heavy (non-hydrogen) atoms. The third-order valence-electron chi connectivity index (χ3n) is 2.41. The molecule has 0 spiro atoms. The first-order chi connectivity index (χ1) is 5.30. The van der Waals surface area contributed by atoms with Gasteiger partial charge in [0.15, 0.2) is 0 Å². The summed E-state index contributed by atoms with van der Waals surface area (Å²) in [5.74, 6) is 0.0995. The van der Waals surface area contributed by atoms with E-state index in [0.29, 0.717) is 0 Å². The van der Waals surface area contributed by atoms with Crippen molar-refractivity contribution < 1.29 is 0 Å². The van der Waals surface area contributed by atoms with Crippen LogP contribution in [0.25, 0.3) is 0 Å². The fourth-order valence-corrected chi connectivity index (χ4v) is 1.78. The van der Waals surface area contributed by atoms with Crippen LogP contribution < -0.4 is 5.32 Å². The van der Waals surface area contributed by atoms with Gasteiger partial charge >= 0.3 is 0 Å². The zero-order chi connectivity index (χ0) is 7.90. The maximum Gasteiger partial charge on any atom is 0.200 e. The number of hydrogen-bond acceptors (Lipinski definition) is 3. The molecule has 0 aromatic heterocycles. The van der Waals surface area contributed by atoms with Crippen molar-refractivity contribution in [1.29, 1.82) is 10.5 Å². The predicted octanol–water partition coefficient (Wildman–Crippen LogP) is 0.320. The van der Waals surface area contributed by atoms with Gasteiger partial charge in [0.25, 0.3) is 0 Å². The molecule has 1 N–H and O–H groups in total. The van der Waals surface area contributed by atoms with Gasteiger partial charge < -0.3 is 0 Å². The van der Waals surface area contributed by atoms with Crippen LogP contribution >= 0.6 is 0 Å². The van der Waals surface area contributed by atoms with E-state index in [-0.39, 0.29) is 12.0 Å². The van der Waals surface area contributed by atoms with Gasteiger partial charge in [-0.25, -0.2) is 0 Å². The highest BCUT2D eigenvalue weighted by Gasteiger charge is 2.49. The monoisotopic (exact) mass is 145 g/mol. The molecule has 0 saturated carbocycles. The second kappa shape index (κ2) is 1.84. The van der Waals surface area contributed by atoms with Crippen LogP contribution in [-0.4, -0.2) is 11.6 Å². The van der Waals surface area contributed by atoms with Gasteiger partial charge in [0.1, 0.15) is 12.1 Å². The van der Waals surface area contributed by atoms with Crippen molar-refractivity contribution in [3.8, 4) is 12.1 Å². The van der Waals surface area contributed by atoms with Crippen molar-refractivity contribution >= 4 is 0 Å². The van der Waals surface area contributed by atoms with Gasteiger partial charge in [-0.05, 0) is 6.42 Å². The van der Waals surface area contributed by atoms with Crippen molar-refractivity contribution in [2.24, 2.45) is 5.92 Å². The van der Waals surface area contributed by atoms with Gasteiger partial charge in [-0.1, -0.05) is 12.2 Å². The smallest absolute Gasteiger partial charge is 0.200 e. The zero-order valence-electron chi connectivity index (χ0n) is 5.91. The van der Waals surface area contributed by atoms with Gasteiger partial charge in [0.2, 0.25) is 5.54 Å². The Morgan fingerprint density at radius 2 is 2.09 bits per heavy atom. The number of fused-ring (bicyclic) bond motifs is 2. The van der Waals surface area contributed by atoms with E-state index >= 15 is 0 Å². The van der Waals surface area contributed by atoms with Gasteiger partial charge in [-0.15, -0.1) is 0 Å². The first-order valence-electron chi connectivity index (χ1n) is 3.59. The van der Waals surface area contributed by atoms with E-state index in [2.05, 4.69) is 5.32 Å². The molecular formula is C8H7N3. The largest absolute Gasteiger partial charge is 0.281 e. The minimum absolute atomic E-state index is 0.0995. The molecule has 0 radical (unpaired) electrons. The van der Waals surface area contributed by atoms with Crippen LogP contribution in [0.1, 0.15) is 6.42 Å². The molecule has 3 nitrogen and oxygen atoms in total. The lowest BCUT2D eigenvalue weighted by molar-refractivity contribution is 0.499. The average molecular weight is 145 g/mol. The van der Waals surface area contributed by atoms with E-state index in [1.54, 1.807) is 0 Å². The summed E-state index contributed by atoms with van der Waals surface area (Å²) < 4.78 is 0. The molecule has 2 atom stereocenters. The molecule has 54 valence electrons. The summed E-state index contributed by atoms with van der Waals surface area (Å²) in [4.78, 5) is 0. The molecule has 2 rings (SSSR count). The molecule has 0 unspecified atom stereocenters. The summed E-state index contributed by atoms with van der Waals surface area (Å²) in [6.07, 6.45) is 4.90. The Morgan fingerprint density at radius 3 is 2.36 bits per heavy atom. The Labute approximate surface area is 64.9 Å². The van der Waals surface area contributed by atoms with Crippen LogP contribution in [0.4, 0.5) is 0 Å². The average Bonchev–Trinajstić information content (AvgIpc) is 2.62. The lowest BCUT2D eigenvalue weighted by Gasteiger charge is -2.20. The van der Waals surface area contributed by atoms with Gasteiger partial charge in [0, 0.05) is 12.0 Å². The number of rotatable bonds is 0. The minimum Gasteiger partial charge on any atom is -0.281 e. The van der Waals surface area contributed by atoms with Crippen LogP contribution in [0.3, 0.4) is 0 Å². The maximum atomic E-state index is 8.77. The molecule has 0 amide bonds. The molecule has 2 bridgehead atoms. The molecule has 1 aliphatic carbocycles. The second-order valence-electron chi connectivity index (χ2n) is 3.01. The summed E-state index contributed by atoms with van der Waals surface area (Å²) in [6, 6.07) is 4.32. The lowest BCUT2D eigenvalue weighted by atomic mass is 9.89. The Morgan fingerprint density at radius 1 is 1.36 bits per heavy atom.